The van der Waals surface area contributed by atoms with E-state index in [0.29, 0.717) is 5.56 Å². The molecule has 0 spiro atoms. The fourth-order valence-corrected chi connectivity index (χ4v) is 5.33. The summed E-state index contributed by atoms with van der Waals surface area (Å²) < 4.78 is 80.9. The van der Waals surface area contributed by atoms with Gasteiger partial charge in [-0.05, 0) is 53.9 Å². The van der Waals surface area contributed by atoms with Crippen molar-refractivity contribution in [2.45, 2.75) is 30.2 Å². The summed E-state index contributed by atoms with van der Waals surface area (Å²) in [4.78, 5) is 16.3. The normalized spacial score (nSPS) is 13.6. The molecule has 2 heterocycles. The van der Waals surface area contributed by atoms with Crippen molar-refractivity contribution in [2.75, 3.05) is 7.11 Å². The topological polar surface area (TPSA) is 98.5 Å². The number of methoxy groups -OCH3 is 1. The van der Waals surface area contributed by atoms with E-state index in [2.05, 4.69) is 14.4 Å². The second-order valence-electron chi connectivity index (χ2n) is 8.58. The van der Waals surface area contributed by atoms with Crippen LogP contribution in [0.2, 0.25) is 0 Å². The molecule has 4 rings (SSSR count). The molecule has 1 N–H and O–H groups in total. The molecule has 0 saturated heterocycles. The first-order chi connectivity index (χ1) is 17.9. The Hall–Kier alpha value is -3.96. The summed E-state index contributed by atoms with van der Waals surface area (Å²) in [5, 5.41) is -0.616. The number of hydrogen-bond donors (Lipinski definition) is 1. The molecule has 0 aliphatic rings. The van der Waals surface area contributed by atoms with Crippen LogP contribution in [0.4, 0.5) is 13.2 Å². The van der Waals surface area contributed by atoms with Crippen LogP contribution in [0.5, 0.6) is 0 Å². The Morgan fingerprint density at radius 3 is 2.32 bits per heavy atom. The molecule has 0 aliphatic carbocycles. The Bertz CT molecular complexity index is 1530. The lowest BCUT2D eigenvalue weighted by Crippen LogP contribution is -2.49. The zero-order chi connectivity index (χ0) is 27.6. The number of nitrogens with zero attached hydrogens (tertiary/aromatic N) is 1. The molecule has 2 aromatic heterocycles. The number of aromatic nitrogens is 1. The van der Waals surface area contributed by atoms with Gasteiger partial charge in [0.05, 0.1) is 18.4 Å². The summed E-state index contributed by atoms with van der Waals surface area (Å²) in [6.07, 6.45) is -3.27. The third-order valence-electron chi connectivity index (χ3n) is 5.88. The third-order valence-corrected chi connectivity index (χ3v) is 7.25. The van der Waals surface area contributed by atoms with E-state index in [-0.39, 0.29) is 23.4 Å². The standard InChI is InChI=1S/C27H23F3N2O5S/c1-18-11-13-23(31-17-18)26(16-19-7-4-3-5-8-19,20-9-6-10-21(15-20)27(28,29)30)32-38(34,35)24-14-12-22(37-24)25(33)36-2/h3-15,17,32H,16H2,1-2H3. The lowest BCUT2D eigenvalue weighted by molar-refractivity contribution is -0.137. The lowest BCUT2D eigenvalue weighted by atomic mass is 9.81. The van der Waals surface area contributed by atoms with E-state index in [1.807, 2.05) is 0 Å². The van der Waals surface area contributed by atoms with Crippen LogP contribution in [0.1, 0.15) is 38.5 Å². The Balaban J connectivity index is 1.96. The predicted octanol–water partition coefficient (Wildman–Crippen LogP) is 5.25. The monoisotopic (exact) mass is 544 g/mol. The first-order valence-corrected chi connectivity index (χ1v) is 12.8. The van der Waals surface area contributed by atoms with Crippen LogP contribution in [0, 0.1) is 6.92 Å². The molecule has 7 nitrogen and oxygen atoms in total. The molecule has 0 aliphatic heterocycles. The van der Waals surface area contributed by atoms with Crippen LogP contribution in [0.25, 0.3) is 0 Å². The molecule has 198 valence electrons. The van der Waals surface area contributed by atoms with Gasteiger partial charge < -0.3 is 9.15 Å². The first-order valence-electron chi connectivity index (χ1n) is 11.3. The van der Waals surface area contributed by atoms with Gasteiger partial charge in [0, 0.05) is 12.6 Å². The number of esters is 1. The number of rotatable bonds is 8. The average molecular weight is 545 g/mol. The van der Waals surface area contributed by atoms with E-state index >= 15 is 0 Å². The Labute approximate surface area is 217 Å². The lowest BCUT2D eigenvalue weighted by Gasteiger charge is -2.35. The van der Waals surface area contributed by atoms with E-state index < -0.39 is 38.4 Å². The van der Waals surface area contributed by atoms with Crippen molar-refractivity contribution in [3.8, 4) is 0 Å². The van der Waals surface area contributed by atoms with Gasteiger partial charge in [-0.1, -0.05) is 48.5 Å². The number of alkyl halides is 3. The van der Waals surface area contributed by atoms with Gasteiger partial charge in [0.25, 0.3) is 10.0 Å². The van der Waals surface area contributed by atoms with Crippen molar-refractivity contribution in [1.29, 1.82) is 0 Å². The Kier molecular flexibility index (Phi) is 7.43. The molecular weight excluding hydrogens is 521 g/mol. The predicted molar refractivity (Wildman–Crippen MR) is 132 cm³/mol. The fourth-order valence-electron chi connectivity index (χ4n) is 4.03. The van der Waals surface area contributed by atoms with Crippen molar-refractivity contribution in [1.82, 2.24) is 9.71 Å². The maximum Gasteiger partial charge on any atom is 0.416 e. The fraction of sp³-hybridized carbons (Fsp3) is 0.185. The molecule has 0 bridgehead atoms. The molecule has 4 aromatic rings. The molecule has 0 fully saturated rings. The van der Waals surface area contributed by atoms with Crippen molar-refractivity contribution in [2.24, 2.45) is 0 Å². The summed E-state index contributed by atoms with van der Waals surface area (Å²) >= 11 is 0. The van der Waals surface area contributed by atoms with Crippen molar-refractivity contribution in [3.63, 3.8) is 0 Å². The SMILES string of the molecule is COC(=O)c1ccc(S(=O)(=O)NC(Cc2ccccc2)(c2cccc(C(F)(F)F)c2)c2ccc(C)cn2)o1. The van der Waals surface area contributed by atoms with E-state index in [4.69, 9.17) is 4.42 Å². The van der Waals surface area contributed by atoms with Crippen LogP contribution < -0.4 is 4.72 Å². The molecule has 38 heavy (non-hydrogen) atoms. The minimum atomic E-state index is -4.68. The molecule has 0 amide bonds. The zero-order valence-electron chi connectivity index (χ0n) is 20.3. The van der Waals surface area contributed by atoms with Gasteiger partial charge in [0.15, 0.2) is 0 Å². The first kappa shape index (κ1) is 27.1. The Morgan fingerprint density at radius 1 is 0.974 bits per heavy atom. The van der Waals surface area contributed by atoms with Crippen molar-refractivity contribution < 1.29 is 35.5 Å². The maximum absolute atomic E-state index is 13.7. The number of benzene rings is 2. The summed E-state index contributed by atoms with van der Waals surface area (Å²) in [7, 11) is -3.45. The average Bonchev–Trinajstić information content (AvgIpc) is 3.40. The third kappa shape index (κ3) is 5.63. The minimum absolute atomic E-state index is 0.0100. The largest absolute Gasteiger partial charge is 0.463 e. The quantitative estimate of drug-likeness (QED) is 0.304. The highest BCUT2D eigenvalue weighted by atomic mass is 32.2. The molecule has 0 radical (unpaired) electrons. The minimum Gasteiger partial charge on any atom is -0.463 e. The van der Waals surface area contributed by atoms with Crippen LogP contribution in [-0.2, 0) is 32.9 Å². The molecule has 11 heteroatoms. The molecule has 0 saturated carbocycles. The number of pyridine rings is 1. The number of carbonyl (C=O) groups is 1. The van der Waals surface area contributed by atoms with Crippen LogP contribution in [0.3, 0.4) is 0 Å². The van der Waals surface area contributed by atoms with Crippen LogP contribution in [-0.4, -0.2) is 26.5 Å². The van der Waals surface area contributed by atoms with Gasteiger partial charge in [0.2, 0.25) is 10.9 Å². The highest BCUT2D eigenvalue weighted by molar-refractivity contribution is 7.89. The van der Waals surface area contributed by atoms with Gasteiger partial charge >= 0.3 is 12.1 Å². The summed E-state index contributed by atoms with van der Waals surface area (Å²) in [5.41, 5.74) is -1.18. The van der Waals surface area contributed by atoms with Crippen LogP contribution >= 0.6 is 0 Å². The van der Waals surface area contributed by atoms with E-state index in [9.17, 15) is 26.4 Å². The number of sulfonamides is 1. The highest BCUT2D eigenvalue weighted by Gasteiger charge is 2.43. The summed E-state index contributed by atoms with van der Waals surface area (Å²) in [5.74, 6) is -1.24. The van der Waals surface area contributed by atoms with E-state index in [1.165, 1.54) is 18.3 Å². The molecule has 1 atom stereocenters. The molecular formula is C27H23F3N2O5S. The number of ether oxygens (including phenoxy) is 1. The molecule has 2 aromatic carbocycles. The summed E-state index contributed by atoms with van der Waals surface area (Å²) in [6, 6.07) is 18.6. The summed E-state index contributed by atoms with van der Waals surface area (Å²) in [6.45, 7) is 1.78. The van der Waals surface area contributed by atoms with Gasteiger partial charge in [-0.3, -0.25) is 4.98 Å². The number of aryl methyl sites for hydroxylation is 1. The number of nitrogens with one attached hydrogen (secondary N) is 1. The second-order valence-corrected chi connectivity index (χ2v) is 10.2. The van der Waals surface area contributed by atoms with Crippen molar-refractivity contribution in [3.05, 3.63) is 119 Å². The van der Waals surface area contributed by atoms with E-state index in [0.717, 1.165) is 36.9 Å². The van der Waals surface area contributed by atoms with Gasteiger partial charge in [-0.25, -0.2) is 13.2 Å². The van der Waals surface area contributed by atoms with Crippen LogP contribution in [0.15, 0.2) is 94.6 Å². The number of hydrogen-bond acceptors (Lipinski definition) is 6. The zero-order valence-corrected chi connectivity index (χ0v) is 21.1. The van der Waals surface area contributed by atoms with Gasteiger partial charge in [-0.2, -0.15) is 17.9 Å². The Morgan fingerprint density at radius 2 is 1.68 bits per heavy atom. The van der Waals surface area contributed by atoms with Crippen molar-refractivity contribution >= 4 is 16.0 Å². The van der Waals surface area contributed by atoms with E-state index in [1.54, 1.807) is 49.4 Å². The number of furan rings is 1. The maximum atomic E-state index is 13.7. The number of halogens is 3. The molecule has 1 unspecified atom stereocenters. The highest BCUT2D eigenvalue weighted by Crippen LogP contribution is 2.38. The van der Waals surface area contributed by atoms with Gasteiger partial charge in [0.1, 0.15) is 5.54 Å². The second kappa shape index (κ2) is 10.4. The smallest absolute Gasteiger partial charge is 0.416 e. The number of carbonyl (C=O) groups excluding carboxylic acids is 1. The van der Waals surface area contributed by atoms with Gasteiger partial charge in [-0.15, -0.1) is 0 Å².